The Bertz CT molecular complexity index is 485. The molecule has 0 amide bonds. The Kier molecular flexibility index (Phi) is 3.55. The lowest BCUT2D eigenvalue weighted by atomic mass is 10.3. The van der Waals surface area contributed by atoms with Crippen molar-refractivity contribution in [1.82, 2.24) is 4.98 Å². The number of aromatic nitrogens is 1. The average molecular weight is 232 g/mol. The molecule has 0 saturated carbocycles. The molecule has 4 heteroatoms. The van der Waals surface area contributed by atoms with Crippen LogP contribution in [0.4, 0.5) is 10.1 Å². The minimum Gasteiger partial charge on any atom is -0.489 e. The molecule has 3 nitrogen and oxygen atoms in total. The zero-order valence-electron chi connectivity index (χ0n) is 9.48. The normalized spacial score (nSPS) is 10.0. The lowest BCUT2D eigenvalue weighted by Crippen LogP contribution is -1.97. The molecule has 2 rings (SSSR count). The van der Waals surface area contributed by atoms with Crippen LogP contribution in [0.15, 0.2) is 42.7 Å². The van der Waals surface area contributed by atoms with E-state index in [0.29, 0.717) is 12.2 Å². The summed E-state index contributed by atoms with van der Waals surface area (Å²) in [5, 5.41) is 3.02. The molecular weight excluding hydrogens is 219 g/mol. The summed E-state index contributed by atoms with van der Waals surface area (Å²) in [6, 6.07) is 8.96. The summed E-state index contributed by atoms with van der Waals surface area (Å²) in [6.07, 6.45) is 2.76. The zero-order valence-corrected chi connectivity index (χ0v) is 9.48. The van der Waals surface area contributed by atoms with Crippen molar-refractivity contribution in [3.8, 4) is 5.75 Å². The quantitative estimate of drug-likeness (QED) is 0.880. The van der Waals surface area contributed by atoms with Gasteiger partial charge in [-0.2, -0.15) is 0 Å². The van der Waals surface area contributed by atoms with Gasteiger partial charge in [0.2, 0.25) is 0 Å². The van der Waals surface area contributed by atoms with Crippen LogP contribution in [0, 0.1) is 5.82 Å². The first kappa shape index (κ1) is 11.4. The fourth-order valence-corrected chi connectivity index (χ4v) is 1.42. The Morgan fingerprint density at radius 2 is 2.00 bits per heavy atom. The molecule has 0 aliphatic heterocycles. The number of anilines is 1. The summed E-state index contributed by atoms with van der Waals surface area (Å²) in [5.41, 5.74) is 1.73. The van der Waals surface area contributed by atoms with Gasteiger partial charge in [0, 0.05) is 24.5 Å². The summed E-state index contributed by atoms with van der Waals surface area (Å²) >= 11 is 0. The average Bonchev–Trinajstić information content (AvgIpc) is 2.37. The van der Waals surface area contributed by atoms with Crippen molar-refractivity contribution in [2.45, 2.75) is 6.61 Å². The van der Waals surface area contributed by atoms with Gasteiger partial charge < -0.3 is 10.1 Å². The molecule has 1 aromatic heterocycles. The van der Waals surface area contributed by atoms with Crippen molar-refractivity contribution in [1.29, 1.82) is 0 Å². The highest BCUT2D eigenvalue weighted by atomic mass is 19.1. The van der Waals surface area contributed by atoms with Crippen molar-refractivity contribution in [3.05, 3.63) is 54.1 Å². The fourth-order valence-electron chi connectivity index (χ4n) is 1.42. The second-order valence-electron chi connectivity index (χ2n) is 3.57. The number of nitrogens with zero attached hydrogens (tertiary/aromatic N) is 1. The van der Waals surface area contributed by atoms with E-state index in [-0.39, 0.29) is 5.82 Å². The minimum atomic E-state index is -0.350. The number of halogens is 1. The first-order valence-corrected chi connectivity index (χ1v) is 5.28. The molecule has 0 bridgehead atoms. The number of pyridine rings is 1. The van der Waals surface area contributed by atoms with E-state index in [1.807, 2.05) is 31.3 Å². The predicted octanol–water partition coefficient (Wildman–Crippen LogP) is 2.84. The lowest BCUT2D eigenvalue weighted by molar-refractivity contribution is 0.305. The van der Waals surface area contributed by atoms with E-state index in [4.69, 9.17) is 4.74 Å². The first-order chi connectivity index (χ1) is 8.28. The highest BCUT2D eigenvalue weighted by Crippen LogP contribution is 2.16. The summed E-state index contributed by atoms with van der Waals surface area (Å²) < 4.78 is 18.4. The van der Waals surface area contributed by atoms with Crippen molar-refractivity contribution in [3.63, 3.8) is 0 Å². The number of benzene rings is 1. The summed E-state index contributed by atoms with van der Waals surface area (Å²) in [6.45, 7) is 0.309. The summed E-state index contributed by atoms with van der Waals surface area (Å²) in [4.78, 5) is 3.76. The number of ether oxygens (including phenoxy) is 1. The van der Waals surface area contributed by atoms with E-state index in [1.54, 1.807) is 6.20 Å². The molecule has 0 fully saturated rings. The highest BCUT2D eigenvalue weighted by molar-refractivity contribution is 5.45. The number of nitrogens with one attached hydrogen (secondary N) is 1. The highest BCUT2D eigenvalue weighted by Gasteiger charge is 1.98. The molecule has 0 aliphatic rings. The molecule has 0 radical (unpaired) electrons. The lowest BCUT2D eigenvalue weighted by Gasteiger charge is -2.07. The van der Waals surface area contributed by atoms with Gasteiger partial charge in [-0.25, -0.2) is 4.39 Å². The van der Waals surface area contributed by atoms with E-state index in [0.717, 1.165) is 11.4 Å². The molecule has 0 atom stereocenters. The molecule has 88 valence electrons. The van der Waals surface area contributed by atoms with Gasteiger partial charge in [0.15, 0.2) is 0 Å². The van der Waals surface area contributed by atoms with E-state index < -0.39 is 0 Å². The van der Waals surface area contributed by atoms with Gasteiger partial charge in [-0.05, 0) is 30.3 Å². The first-order valence-electron chi connectivity index (χ1n) is 5.28. The topological polar surface area (TPSA) is 34.1 Å². The molecule has 1 heterocycles. The van der Waals surface area contributed by atoms with Crippen LogP contribution in [0.2, 0.25) is 0 Å². The smallest absolute Gasteiger partial charge is 0.141 e. The van der Waals surface area contributed by atoms with Gasteiger partial charge in [0.25, 0.3) is 0 Å². The van der Waals surface area contributed by atoms with Crippen LogP contribution in [-0.2, 0) is 6.61 Å². The Hall–Kier alpha value is -2.10. The van der Waals surface area contributed by atoms with E-state index >= 15 is 0 Å². The monoisotopic (exact) mass is 232 g/mol. The third-order valence-corrected chi connectivity index (χ3v) is 2.31. The molecule has 17 heavy (non-hydrogen) atoms. The minimum absolute atomic E-state index is 0.309. The third kappa shape index (κ3) is 3.17. The van der Waals surface area contributed by atoms with E-state index in [2.05, 4.69) is 10.3 Å². The molecule has 1 N–H and O–H groups in total. The Morgan fingerprint density at radius 1 is 1.24 bits per heavy atom. The van der Waals surface area contributed by atoms with E-state index in [1.165, 1.54) is 12.3 Å². The summed E-state index contributed by atoms with van der Waals surface area (Å²) in [7, 11) is 1.86. The van der Waals surface area contributed by atoms with Crippen LogP contribution in [-0.4, -0.2) is 12.0 Å². The van der Waals surface area contributed by atoms with Gasteiger partial charge >= 0.3 is 0 Å². The van der Waals surface area contributed by atoms with Gasteiger partial charge in [0.05, 0.1) is 6.20 Å². The molecule has 0 saturated heterocycles. The van der Waals surface area contributed by atoms with Crippen molar-refractivity contribution in [2.24, 2.45) is 0 Å². The maximum atomic E-state index is 12.9. The van der Waals surface area contributed by atoms with Crippen LogP contribution in [0.1, 0.15) is 5.56 Å². The third-order valence-electron chi connectivity index (χ3n) is 2.31. The van der Waals surface area contributed by atoms with Crippen LogP contribution in [0.3, 0.4) is 0 Å². The number of hydrogen-bond donors (Lipinski definition) is 1. The van der Waals surface area contributed by atoms with Crippen LogP contribution < -0.4 is 10.1 Å². The molecule has 0 unspecified atom stereocenters. The SMILES string of the molecule is CNc1ccc(OCc2cncc(F)c2)cc1. The molecule has 2 aromatic rings. The molecule has 1 aromatic carbocycles. The Balaban J connectivity index is 1.97. The second kappa shape index (κ2) is 5.30. The van der Waals surface area contributed by atoms with Gasteiger partial charge in [-0.1, -0.05) is 0 Å². The number of hydrogen-bond acceptors (Lipinski definition) is 3. The number of rotatable bonds is 4. The molecule has 0 aliphatic carbocycles. The van der Waals surface area contributed by atoms with Crippen LogP contribution in [0.25, 0.3) is 0 Å². The largest absolute Gasteiger partial charge is 0.489 e. The van der Waals surface area contributed by atoms with Crippen molar-refractivity contribution >= 4 is 5.69 Å². The van der Waals surface area contributed by atoms with Gasteiger partial charge in [0.1, 0.15) is 18.2 Å². The van der Waals surface area contributed by atoms with Crippen molar-refractivity contribution in [2.75, 3.05) is 12.4 Å². The Labute approximate surface area is 99.3 Å². The molecule has 0 spiro atoms. The van der Waals surface area contributed by atoms with Gasteiger partial charge in [-0.15, -0.1) is 0 Å². The molecular formula is C13H13FN2O. The maximum Gasteiger partial charge on any atom is 0.141 e. The fraction of sp³-hybridized carbons (Fsp3) is 0.154. The second-order valence-corrected chi connectivity index (χ2v) is 3.57. The van der Waals surface area contributed by atoms with Crippen molar-refractivity contribution < 1.29 is 9.13 Å². The maximum absolute atomic E-state index is 12.9. The standard InChI is InChI=1S/C13H13FN2O/c1-15-12-2-4-13(5-3-12)17-9-10-6-11(14)8-16-7-10/h2-8,15H,9H2,1H3. The summed E-state index contributed by atoms with van der Waals surface area (Å²) in [5.74, 6) is 0.393. The van der Waals surface area contributed by atoms with Crippen LogP contribution in [0.5, 0.6) is 5.75 Å². The van der Waals surface area contributed by atoms with E-state index in [9.17, 15) is 4.39 Å². The predicted molar refractivity (Wildman–Crippen MR) is 64.5 cm³/mol. The van der Waals surface area contributed by atoms with Gasteiger partial charge in [-0.3, -0.25) is 4.98 Å². The zero-order chi connectivity index (χ0) is 12.1. The Morgan fingerprint density at radius 3 is 2.65 bits per heavy atom. The van der Waals surface area contributed by atoms with Crippen LogP contribution >= 0.6 is 0 Å².